The van der Waals surface area contributed by atoms with Crippen LogP contribution in [-0.2, 0) is 9.53 Å². The third-order valence-electron chi connectivity index (χ3n) is 3.42. The zero-order chi connectivity index (χ0) is 10.8. The topological polar surface area (TPSA) is 26.3 Å². The minimum atomic E-state index is -0.0278. The van der Waals surface area contributed by atoms with Crippen molar-refractivity contribution in [1.29, 1.82) is 0 Å². The summed E-state index contributed by atoms with van der Waals surface area (Å²) in [6, 6.07) is 0. The SMILES string of the molecule is C/C=C\C1C(C(=O)OCC)C1(C)CC. The molecule has 3 atom stereocenters. The molecule has 1 aliphatic rings. The second kappa shape index (κ2) is 4.16. The first-order valence-electron chi connectivity index (χ1n) is 5.41. The van der Waals surface area contributed by atoms with Crippen LogP contribution in [0.25, 0.3) is 0 Å². The Morgan fingerprint density at radius 2 is 2.14 bits per heavy atom. The molecule has 14 heavy (non-hydrogen) atoms. The fraction of sp³-hybridized carbons (Fsp3) is 0.750. The standard InChI is InChI=1S/C12H20O2/c1-5-8-9-10(11(13)14-7-3)12(9,4)6-2/h5,8-10H,6-7H2,1-4H3/b8-5-. The van der Waals surface area contributed by atoms with Gasteiger partial charge >= 0.3 is 5.97 Å². The minimum Gasteiger partial charge on any atom is -0.466 e. The van der Waals surface area contributed by atoms with E-state index in [0.717, 1.165) is 6.42 Å². The van der Waals surface area contributed by atoms with Crippen LogP contribution in [0.5, 0.6) is 0 Å². The van der Waals surface area contributed by atoms with Crippen molar-refractivity contribution >= 4 is 5.97 Å². The Kier molecular flexibility index (Phi) is 3.35. The molecule has 1 saturated carbocycles. The zero-order valence-corrected chi connectivity index (χ0v) is 9.54. The average Bonchev–Trinajstić information content (AvgIpc) is 2.74. The van der Waals surface area contributed by atoms with Gasteiger partial charge in [0.1, 0.15) is 0 Å². The summed E-state index contributed by atoms with van der Waals surface area (Å²) in [5.41, 5.74) is 0.138. The molecule has 0 saturated heterocycles. The molecular weight excluding hydrogens is 176 g/mol. The van der Waals surface area contributed by atoms with E-state index in [0.29, 0.717) is 12.5 Å². The Labute approximate surface area is 86.3 Å². The summed E-state index contributed by atoms with van der Waals surface area (Å²) in [5, 5.41) is 0. The van der Waals surface area contributed by atoms with Crippen LogP contribution in [0.2, 0.25) is 0 Å². The summed E-state index contributed by atoms with van der Waals surface area (Å²) in [5.74, 6) is 0.445. The van der Waals surface area contributed by atoms with Crippen LogP contribution >= 0.6 is 0 Å². The van der Waals surface area contributed by atoms with E-state index in [1.165, 1.54) is 0 Å². The number of hydrogen-bond donors (Lipinski definition) is 0. The van der Waals surface area contributed by atoms with E-state index in [1.807, 2.05) is 19.9 Å². The van der Waals surface area contributed by atoms with Crippen molar-refractivity contribution in [1.82, 2.24) is 0 Å². The van der Waals surface area contributed by atoms with E-state index in [9.17, 15) is 4.79 Å². The molecule has 0 bridgehead atoms. The van der Waals surface area contributed by atoms with Gasteiger partial charge in [-0.3, -0.25) is 4.79 Å². The van der Waals surface area contributed by atoms with Gasteiger partial charge in [-0.15, -0.1) is 0 Å². The number of allylic oxidation sites excluding steroid dienone is 2. The van der Waals surface area contributed by atoms with Crippen molar-refractivity contribution in [3.05, 3.63) is 12.2 Å². The highest BCUT2D eigenvalue weighted by atomic mass is 16.5. The van der Waals surface area contributed by atoms with Gasteiger partial charge in [0.25, 0.3) is 0 Å². The van der Waals surface area contributed by atoms with E-state index < -0.39 is 0 Å². The fourth-order valence-electron chi connectivity index (χ4n) is 2.24. The van der Waals surface area contributed by atoms with E-state index in [4.69, 9.17) is 4.74 Å². The maximum atomic E-state index is 11.6. The predicted molar refractivity (Wildman–Crippen MR) is 56.8 cm³/mol. The van der Waals surface area contributed by atoms with Crippen molar-refractivity contribution in [2.45, 2.75) is 34.1 Å². The monoisotopic (exact) mass is 196 g/mol. The number of rotatable bonds is 4. The van der Waals surface area contributed by atoms with Gasteiger partial charge in [-0.2, -0.15) is 0 Å². The molecule has 1 rings (SSSR count). The summed E-state index contributed by atoms with van der Waals surface area (Å²) >= 11 is 0. The van der Waals surface area contributed by atoms with E-state index in [-0.39, 0.29) is 17.3 Å². The molecule has 0 aromatic heterocycles. The molecule has 3 unspecified atom stereocenters. The Bertz CT molecular complexity index is 245. The molecule has 0 N–H and O–H groups in total. The van der Waals surface area contributed by atoms with Crippen molar-refractivity contribution < 1.29 is 9.53 Å². The Morgan fingerprint density at radius 1 is 1.50 bits per heavy atom. The van der Waals surface area contributed by atoms with Crippen LogP contribution in [-0.4, -0.2) is 12.6 Å². The van der Waals surface area contributed by atoms with Crippen molar-refractivity contribution in [3.63, 3.8) is 0 Å². The third kappa shape index (κ3) is 1.70. The molecule has 1 aliphatic carbocycles. The van der Waals surface area contributed by atoms with E-state index >= 15 is 0 Å². The average molecular weight is 196 g/mol. The Morgan fingerprint density at radius 3 is 2.57 bits per heavy atom. The molecule has 0 aliphatic heterocycles. The van der Waals surface area contributed by atoms with Crippen LogP contribution < -0.4 is 0 Å². The minimum absolute atomic E-state index is 0.0278. The summed E-state index contributed by atoms with van der Waals surface area (Å²) in [4.78, 5) is 11.6. The Hall–Kier alpha value is -0.790. The smallest absolute Gasteiger partial charge is 0.310 e. The molecule has 0 aromatic carbocycles. The molecule has 2 heteroatoms. The first-order chi connectivity index (χ1) is 6.61. The van der Waals surface area contributed by atoms with Crippen LogP contribution in [0.4, 0.5) is 0 Å². The van der Waals surface area contributed by atoms with Crippen molar-refractivity contribution in [2.75, 3.05) is 6.61 Å². The highest BCUT2D eigenvalue weighted by Gasteiger charge is 2.62. The normalized spacial score (nSPS) is 36.0. The van der Waals surface area contributed by atoms with E-state index in [1.54, 1.807) is 0 Å². The van der Waals surface area contributed by atoms with Gasteiger partial charge < -0.3 is 4.74 Å². The molecule has 0 radical (unpaired) electrons. The van der Waals surface area contributed by atoms with E-state index in [2.05, 4.69) is 19.9 Å². The quantitative estimate of drug-likeness (QED) is 0.510. The highest BCUT2D eigenvalue weighted by molar-refractivity contribution is 5.78. The zero-order valence-electron chi connectivity index (χ0n) is 9.54. The predicted octanol–water partition coefficient (Wildman–Crippen LogP) is 2.79. The number of carbonyl (C=O) groups excluding carboxylic acids is 1. The van der Waals surface area contributed by atoms with Gasteiger partial charge in [-0.05, 0) is 31.6 Å². The van der Waals surface area contributed by atoms with Gasteiger partial charge in [-0.1, -0.05) is 26.0 Å². The fourth-order valence-corrected chi connectivity index (χ4v) is 2.24. The number of ether oxygens (including phenoxy) is 1. The maximum absolute atomic E-state index is 11.6. The molecule has 0 spiro atoms. The first-order valence-corrected chi connectivity index (χ1v) is 5.41. The molecule has 0 amide bonds. The lowest BCUT2D eigenvalue weighted by Gasteiger charge is -2.06. The molecule has 2 nitrogen and oxygen atoms in total. The second-order valence-corrected chi connectivity index (χ2v) is 4.14. The van der Waals surface area contributed by atoms with Gasteiger partial charge in [-0.25, -0.2) is 0 Å². The number of esters is 1. The van der Waals surface area contributed by atoms with Crippen LogP contribution in [0.1, 0.15) is 34.1 Å². The summed E-state index contributed by atoms with van der Waals surface area (Å²) in [7, 11) is 0. The first kappa shape index (κ1) is 11.3. The summed E-state index contributed by atoms with van der Waals surface area (Å²) < 4.78 is 5.07. The lowest BCUT2D eigenvalue weighted by molar-refractivity contribution is -0.145. The van der Waals surface area contributed by atoms with Gasteiger partial charge in [0.2, 0.25) is 0 Å². The van der Waals surface area contributed by atoms with Crippen LogP contribution in [0.3, 0.4) is 0 Å². The second-order valence-electron chi connectivity index (χ2n) is 4.14. The van der Waals surface area contributed by atoms with Crippen LogP contribution in [0, 0.1) is 17.3 Å². The molecule has 1 fully saturated rings. The third-order valence-corrected chi connectivity index (χ3v) is 3.42. The van der Waals surface area contributed by atoms with Crippen molar-refractivity contribution in [3.8, 4) is 0 Å². The Balaban J connectivity index is 2.67. The van der Waals surface area contributed by atoms with Crippen LogP contribution in [0.15, 0.2) is 12.2 Å². The lowest BCUT2D eigenvalue weighted by Crippen LogP contribution is -2.11. The molecule has 0 heterocycles. The molecule has 80 valence electrons. The summed E-state index contributed by atoms with van der Waals surface area (Å²) in [6.45, 7) is 8.64. The molecular formula is C12H20O2. The number of hydrogen-bond acceptors (Lipinski definition) is 2. The number of carbonyl (C=O) groups is 1. The maximum Gasteiger partial charge on any atom is 0.310 e. The van der Waals surface area contributed by atoms with Crippen molar-refractivity contribution in [2.24, 2.45) is 17.3 Å². The largest absolute Gasteiger partial charge is 0.466 e. The lowest BCUT2D eigenvalue weighted by atomic mass is 10.0. The highest BCUT2D eigenvalue weighted by Crippen LogP contribution is 2.61. The molecule has 0 aromatic rings. The summed E-state index contributed by atoms with van der Waals surface area (Å²) in [6.07, 6.45) is 5.19. The van der Waals surface area contributed by atoms with Gasteiger partial charge in [0, 0.05) is 0 Å². The van der Waals surface area contributed by atoms with Gasteiger partial charge in [0.05, 0.1) is 12.5 Å². The van der Waals surface area contributed by atoms with Gasteiger partial charge in [0.15, 0.2) is 0 Å².